The van der Waals surface area contributed by atoms with Crippen LogP contribution in [-0.2, 0) is 9.05 Å². The Morgan fingerprint density at radius 3 is 2.52 bits per heavy atom. The van der Waals surface area contributed by atoms with E-state index >= 15 is 0 Å². The van der Waals surface area contributed by atoms with E-state index in [-0.39, 0.29) is 10.8 Å². The largest absolute Gasteiger partial charge is 0.341 e. The predicted molar refractivity (Wildman–Crippen MR) is 86.1 cm³/mol. The van der Waals surface area contributed by atoms with Crippen LogP contribution in [0.2, 0.25) is 0 Å². The van der Waals surface area contributed by atoms with Crippen molar-refractivity contribution >= 4 is 41.6 Å². The van der Waals surface area contributed by atoms with Crippen LogP contribution in [-0.4, -0.2) is 32.8 Å². The van der Waals surface area contributed by atoms with E-state index in [2.05, 4.69) is 22.9 Å². The summed E-state index contributed by atoms with van der Waals surface area (Å²) in [5.74, 6) is 1.00. The summed E-state index contributed by atoms with van der Waals surface area (Å²) >= 11 is 3.29. The molecule has 0 heterocycles. The summed E-state index contributed by atoms with van der Waals surface area (Å²) in [6, 6.07) is 2.98. The maximum atomic E-state index is 12.4. The fraction of sp³-hybridized carbons (Fsp3) is 0.500. The lowest BCUT2D eigenvalue weighted by Gasteiger charge is -2.18. The van der Waals surface area contributed by atoms with Crippen LogP contribution in [0.25, 0.3) is 0 Å². The number of hydrogen-bond acceptors (Lipinski definition) is 3. The third-order valence-electron chi connectivity index (χ3n) is 3.94. The minimum absolute atomic E-state index is 0.0323. The van der Waals surface area contributed by atoms with Crippen molar-refractivity contribution in [2.75, 3.05) is 13.6 Å². The van der Waals surface area contributed by atoms with Gasteiger partial charge < -0.3 is 4.90 Å². The Hall–Kier alpha value is -0.590. The van der Waals surface area contributed by atoms with Crippen LogP contribution in [0.1, 0.15) is 29.3 Å². The van der Waals surface area contributed by atoms with Crippen LogP contribution in [0.3, 0.4) is 0 Å². The molecule has 2 rings (SSSR count). The average Bonchev–Trinajstić information content (AvgIpc) is 3.05. The topological polar surface area (TPSA) is 54.5 Å². The highest BCUT2D eigenvalue weighted by atomic mass is 79.9. The zero-order valence-corrected chi connectivity index (χ0v) is 15.2. The van der Waals surface area contributed by atoms with Crippen LogP contribution in [0.5, 0.6) is 0 Å². The zero-order chi connectivity index (χ0) is 15.9. The lowest BCUT2D eigenvalue weighted by molar-refractivity contribution is 0.0786. The van der Waals surface area contributed by atoms with E-state index in [4.69, 9.17) is 10.7 Å². The molecule has 0 saturated heterocycles. The monoisotopic (exact) mass is 393 g/mol. The fourth-order valence-electron chi connectivity index (χ4n) is 2.34. The third kappa shape index (κ3) is 3.79. The van der Waals surface area contributed by atoms with Gasteiger partial charge in [-0.05, 0) is 42.9 Å². The summed E-state index contributed by atoms with van der Waals surface area (Å²) in [5.41, 5.74) is 0.822. The molecule has 116 valence electrons. The highest BCUT2D eigenvalue weighted by molar-refractivity contribution is 9.10. The summed E-state index contributed by atoms with van der Waals surface area (Å²) in [5, 5.41) is 0. The van der Waals surface area contributed by atoms with E-state index in [0.29, 0.717) is 34.0 Å². The molecule has 0 spiro atoms. The summed E-state index contributed by atoms with van der Waals surface area (Å²) < 4.78 is 23.8. The van der Waals surface area contributed by atoms with Crippen molar-refractivity contribution in [3.63, 3.8) is 0 Å². The van der Waals surface area contributed by atoms with Crippen molar-refractivity contribution < 1.29 is 13.2 Å². The molecule has 1 aliphatic carbocycles. The van der Waals surface area contributed by atoms with E-state index in [0.717, 1.165) is 6.42 Å². The second kappa shape index (κ2) is 5.89. The number of halogens is 2. The molecule has 0 radical (unpaired) electrons. The van der Waals surface area contributed by atoms with Gasteiger partial charge in [0.15, 0.2) is 0 Å². The molecule has 0 aromatic heterocycles. The van der Waals surface area contributed by atoms with Crippen LogP contribution in [0, 0.1) is 18.8 Å². The summed E-state index contributed by atoms with van der Waals surface area (Å²) in [4.78, 5) is 14.0. The van der Waals surface area contributed by atoms with Gasteiger partial charge in [0.05, 0.1) is 4.90 Å². The molecular formula is C14H17BrClNO3S. The van der Waals surface area contributed by atoms with Crippen LogP contribution < -0.4 is 0 Å². The fourth-order valence-corrected chi connectivity index (χ4v) is 4.15. The van der Waals surface area contributed by atoms with Crippen molar-refractivity contribution in [2.45, 2.75) is 25.2 Å². The van der Waals surface area contributed by atoms with Gasteiger partial charge in [-0.15, -0.1) is 0 Å². The van der Waals surface area contributed by atoms with Crippen molar-refractivity contribution in [1.82, 2.24) is 4.90 Å². The second-order valence-electron chi connectivity index (χ2n) is 5.68. The van der Waals surface area contributed by atoms with Gasteiger partial charge in [-0.1, -0.05) is 22.9 Å². The molecule has 2 atom stereocenters. The highest BCUT2D eigenvalue weighted by Crippen LogP contribution is 2.38. The number of rotatable bonds is 4. The van der Waals surface area contributed by atoms with Gasteiger partial charge in [-0.3, -0.25) is 4.79 Å². The van der Waals surface area contributed by atoms with Gasteiger partial charge >= 0.3 is 0 Å². The molecule has 21 heavy (non-hydrogen) atoms. The Balaban J connectivity index is 2.31. The Morgan fingerprint density at radius 1 is 1.48 bits per heavy atom. The molecule has 1 aliphatic rings. The van der Waals surface area contributed by atoms with Crippen LogP contribution in [0.4, 0.5) is 0 Å². The number of nitrogens with zero attached hydrogens (tertiary/aromatic N) is 1. The van der Waals surface area contributed by atoms with Gasteiger partial charge in [0, 0.05) is 34.3 Å². The van der Waals surface area contributed by atoms with Crippen molar-refractivity contribution in [1.29, 1.82) is 0 Å². The summed E-state index contributed by atoms with van der Waals surface area (Å²) in [7, 11) is 3.28. The smallest absolute Gasteiger partial charge is 0.261 e. The molecular weight excluding hydrogens is 378 g/mol. The zero-order valence-electron chi connectivity index (χ0n) is 12.1. The Bertz CT molecular complexity index is 690. The van der Waals surface area contributed by atoms with E-state index in [1.165, 1.54) is 6.07 Å². The van der Waals surface area contributed by atoms with E-state index < -0.39 is 9.05 Å². The molecule has 0 N–H and O–H groups in total. The van der Waals surface area contributed by atoms with Gasteiger partial charge in [-0.25, -0.2) is 8.42 Å². The first-order valence-electron chi connectivity index (χ1n) is 6.61. The Kier molecular flexibility index (Phi) is 4.71. The maximum Gasteiger partial charge on any atom is 0.261 e. The average molecular weight is 395 g/mol. The molecule has 1 amide bonds. The number of benzene rings is 1. The Morgan fingerprint density at radius 2 is 2.05 bits per heavy atom. The minimum Gasteiger partial charge on any atom is -0.341 e. The van der Waals surface area contributed by atoms with Crippen molar-refractivity contribution in [3.8, 4) is 0 Å². The minimum atomic E-state index is -3.89. The number of hydrogen-bond donors (Lipinski definition) is 0. The normalized spacial score (nSPS) is 21.2. The van der Waals surface area contributed by atoms with Gasteiger partial charge in [-0.2, -0.15) is 0 Å². The number of amides is 1. The molecule has 0 aliphatic heterocycles. The molecule has 1 saturated carbocycles. The molecule has 1 fully saturated rings. The van der Waals surface area contributed by atoms with Crippen molar-refractivity contribution in [2.24, 2.45) is 11.8 Å². The first-order chi connectivity index (χ1) is 9.61. The molecule has 0 bridgehead atoms. The lowest BCUT2D eigenvalue weighted by Crippen LogP contribution is -2.29. The van der Waals surface area contributed by atoms with Gasteiger partial charge in [0.1, 0.15) is 0 Å². The molecule has 2 unspecified atom stereocenters. The van der Waals surface area contributed by atoms with E-state index in [1.54, 1.807) is 24.9 Å². The maximum absolute atomic E-state index is 12.4. The van der Waals surface area contributed by atoms with Crippen molar-refractivity contribution in [3.05, 3.63) is 27.7 Å². The van der Waals surface area contributed by atoms with Gasteiger partial charge in [0.25, 0.3) is 15.0 Å². The van der Waals surface area contributed by atoms with E-state index in [1.807, 2.05) is 0 Å². The summed E-state index contributed by atoms with van der Waals surface area (Å²) in [6.45, 7) is 4.49. The quantitative estimate of drug-likeness (QED) is 0.735. The number of carbonyl (C=O) groups excluding carboxylic acids is 1. The predicted octanol–water partition coefficient (Wildman–Crippen LogP) is 3.41. The molecule has 1 aromatic carbocycles. The highest BCUT2D eigenvalue weighted by Gasteiger charge is 2.34. The first kappa shape index (κ1) is 16.8. The first-order valence-corrected chi connectivity index (χ1v) is 9.71. The lowest BCUT2D eigenvalue weighted by atomic mass is 10.1. The van der Waals surface area contributed by atoms with Gasteiger partial charge in [0.2, 0.25) is 0 Å². The molecule has 7 heteroatoms. The Labute approximate surface area is 138 Å². The third-order valence-corrected chi connectivity index (χ3v) is 6.21. The molecule has 1 aromatic rings. The second-order valence-corrected chi connectivity index (χ2v) is 9.07. The standard InChI is InChI=1S/C14H17BrClNO3S/c1-8-4-11(8)7-17(3)14(18)10-5-12(15)9(2)13(6-10)21(16,19)20/h5-6,8,11H,4,7H2,1-3H3. The van der Waals surface area contributed by atoms with Crippen LogP contribution in [0.15, 0.2) is 21.5 Å². The summed E-state index contributed by atoms with van der Waals surface area (Å²) in [6.07, 6.45) is 1.14. The van der Waals surface area contributed by atoms with Crippen LogP contribution >= 0.6 is 26.6 Å². The molecule has 4 nitrogen and oxygen atoms in total. The SMILES string of the molecule is Cc1c(Br)cc(C(=O)N(C)CC2CC2C)cc1S(=O)(=O)Cl. The van der Waals surface area contributed by atoms with E-state index in [9.17, 15) is 13.2 Å². The number of carbonyl (C=O) groups is 1.